The Bertz CT molecular complexity index is 1260. The number of nitrogens with zero attached hydrogens (tertiary/aromatic N) is 2. The number of amides is 3. The smallest absolute Gasteiger partial charge is 0.251 e. The Morgan fingerprint density at radius 3 is 2.33 bits per heavy atom. The molecule has 1 unspecified atom stereocenters. The third-order valence-electron chi connectivity index (χ3n) is 7.19. The summed E-state index contributed by atoms with van der Waals surface area (Å²) in [6.07, 6.45) is 2.14. The Balaban J connectivity index is 1.35. The van der Waals surface area contributed by atoms with Crippen molar-refractivity contribution in [1.82, 2.24) is 15.1 Å². The maximum Gasteiger partial charge on any atom is 0.251 e. The highest BCUT2D eigenvalue weighted by Crippen LogP contribution is 2.20. The second-order valence-electron chi connectivity index (χ2n) is 9.93. The van der Waals surface area contributed by atoms with Crippen LogP contribution < -0.4 is 10.6 Å². The number of nitrogens with one attached hydrogen (secondary N) is 2. The van der Waals surface area contributed by atoms with Gasteiger partial charge in [-0.15, -0.1) is 0 Å². The van der Waals surface area contributed by atoms with Crippen molar-refractivity contribution in [2.75, 3.05) is 31.5 Å². The summed E-state index contributed by atoms with van der Waals surface area (Å²) >= 11 is 0. The van der Waals surface area contributed by atoms with Gasteiger partial charge in [0, 0.05) is 24.3 Å². The lowest BCUT2D eigenvalue weighted by Gasteiger charge is -2.24. The summed E-state index contributed by atoms with van der Waals surface area (Å²) in [7, 11) is 0. The molecule has 2 N–H and O–H groups in total. The molecule has 7 nitrogen and oxygen atoms in total. The van der Waals surface area contributed by atoms with Gasteiger partial charge in [0.15, 0.2) is 0 Å². The van der Waals surface area contributed by atoms with E-state index in [1.54, 1.807) is 17.0 Å². The van der Waals surface area contributed by atoms with E-state index in [9.17, 15) is 14.4 Å². The standard InChI is InChI=1S/C32H38N4O3/c1-3-35(4-2)22-24-11-10-14-28(21-24)33-30(37)23-36-20-9-8-15-29(32(36)39)34-31(38)27-18-16-26(17-19-27)25-12-6-5-7-13-25/h5-7,10-14,16-19,21,29H,3-4,8-9,15,20,22-23H2,1-2H3,(H,33,37)(H,34,38). The highest BCUT2D eigenvalue weighted by atomic mass is 16.2. The minimum absolute atomic E-state index is 0.0444. The fourth-order valence-corrected chi connectivity index (χ4v) is 4.91. The van der Waals surface area contributed by atoms with Crippen LogP contribution in [0.3, 0.4) is 0 Å². The molecule has 0 radical (unpaired) electrons. The third kappa shape index (κ3) is 7.77. The van der Waals surface area contributed by atoms with Gasteiger partial charge in [0.1, 0.15) is 6.04 Å². The predicted molar refractivity (Wildman–Crippen MR) is 155 cm³/mol. The van der Waals surface area contributed by atoms with Crippen molar-refractivity contribution in [3.05, 3.63) is 90.0 Å². The van der Waals surface area contributed by atoms with Crippen LogP contribution in [0.1, 0.15) is 49.0 Å². The molecule has 4 rings (SSSR count). The SMILES string of the molecule is CCN(CC)Cc1cccc(NC(=O)CN2CCCCC(NC(=O)c3ccc(-c4ccccc4)cc3)C2=O)c1. The zero-order valence-corrected chi connectivity index (χ0v) is 22.9. The first kappa shape index (κ1) is 28.0. The molecule has 0 aliphatic carbocycles. The molecule has 1 atom stereocenters. The molecule has 0 bridgehead atoms. The van der Waals surface area contributed by atoms with Gasteiger partial charge >= 0.3 is 0 Å². The van der Waals surface area contributed by atoms with Crippen LogP contribution in [0.25, 0.3) is 11.1 Å². The normalized spacial score (nSPS) is 15.6. The highest BCUT2D eigenvalue weighted by molar-refractivity contribution is 5.99. The number of carbonyl (C=O) groups excluding carboxylic acids is 3. The first-order chi connectivity index (χ1) is 19.0. The quantitative estimate of drug-likeness (QED) is 0.392. The van der Waals surface area contributed by atoms with Gasteiger partial charge in [-0.3, -0.25) is 19.3 Å². The number of rotatable bonds is 10. The van der Waals surface area contributed by atoms with Crippen LogP contribution in [0.15, 0.2) is 78.9 Å². The van der Waals surface area contributed by atoms with Crippen molar-refractivity contribution in [2.45, 2.75) is 45.7 Å². The first-order valence-corrected chi connectivity index (χ1v) is 13.8. The number of hydrogen-bond acceptors (Lipinski definition) is 4. The van der Waals surface area contributed by atoms with E-state index in [1.165, 1.54) is 0 Å². The third-order valence-corrected chi connectivity index (χ3v) is 7.19. The number of benzene rings is 3. The van der Waals surface area contributed by atoms with E-state index < -0.39 is 6.04 Å². The fraction of sp³-hybridized carbons (Fsp3) is 0.344. The van der Waals surface area contributed by atoms with Gasteiger partial charge in [0.25, 0.3) is 5.91 Å². The number of likely N-dealkylation sites (tertiary alicyclic amines) is 1. The van der Waals surface area contributed by atoms with Gasteiger partial charge in [-0.25, -0.2) is 0 Å². The summed E-state index contributed by atoms with van der Waals surface area (Å²) in [5.41, 5.74) is 4.44. The molecule has 3 amide bonds. The predicted octanol–water partition coefficient (Wildman–Crippen LogP) is 4.95. The minimum atomic E-state index is -0.654. The van der Waals surface area contributed by atoms with Gasteiger partial charge in [0.2, 0.25) is 11.8 Å². The molecular formula is C32H38N4O3. The summed E-state index contributed by atoms with van der Waals surface area (Å²) in [6, 6.07) is 24.5. The monoisotopic (exact) mass is 526 g/mol. The molecule has 1 saturated heterocycles. The lowest BCUT2D eigenvalue weighted by Crippen LogP contribution is -2.49. The second-order valence-corrected chi connectivity index (χ2v) is 9.93. The Morgan fingerprint density at radius 2 is 1.62 bits per heavy atom. The highest BCUT2D eigenvalue weighted by Gasteiger charge is 2.29. The molecule has 1 aliphatic heterocycles. The second kappa shape index (κ2) is 13.7. The van der Waals surface area contributed by atoms with Gasteiger partial charge in [-0.1, -0.05) is 68.4 Å². The lowest BCUT2D eigenvalue weighted by atomic mass is 10.0. The van der Waals surface area contributed by atoms with E-state index in [0.29, 0.717) is 18.5 Å². The first-order valence-electron chi connectivity index (χ1n) is 13.8. The van der Waals surface area contributed by atoms with E-state index in [1.807, 2.05) is 60.7 Å². The van der Waals surface area contributed by atoms with E-state index in [0.717, 1.165) is 54.9 Å². The summed E-state index contributed by atoms with van der Waals surface area (Å²) in [6.45, 7) is 7.44. The van der Waals surface area contributed by atoms with Gasteiger partial charge in [-0.2, -0.15) is 0 Å². The average molecular weight is 527 g/mol. The number of hydrogen-bond donors (Lipinski definition) is 2. The summed E-state index contributed by atoms with van der Waals surface area (Å²) in [5.74, 6) is -0.747. The van der Waals surface area contributed by atoms with Gasteiger partial charge < -0.3 is 15.5 Å². The number of anilines is 1. The van der Waals surface area contributed by atoms with E-state index >= 15 is 0 Å². The van der Waals surface area contributed by atoms with Crippen LogP contribution in [0.4, 0.5) is 5.69 Å². The van der Waals surface area contributed by atoms with Crippen LogP contribution in [0.2, 0.25) is 0 Å². The summed E-state index contributed by atoms with van der Waals surface area (Å²) < 4.78 is 0. The Kier molecular flexibility index (Phi) is 9.86. The van der Waals surface area contributed by atoms with Crippen molar-refractivity contribution in [2.24, 2.45) is 0 Å². The van der Waals surface area contributed by atoms with Crippen molar-refractivity contribution in [3.63, 3.8) is 0 Å². The van der Waals surface area contributed by atoms with Crippen molar-refractivity contribution < 1.29 is 14.4 Å². The molecule has 7 heteroatoms. The molecule has 0 saturated carbocycles. The summed E-state index contributed by atoms with van der Waals surface area (Å²) in [4.78, 5) is 43.0. The maximum atomic E-state index is 13.3. The molecule has 1 heterocycles. The van der Waals surface area contributed by atoms with Crippen LogP contribution in [-0.2, 0) is 16.1 Å². The topological polar surface area (TPSA) is 81.8 Å². The Hall–Kier alpha value is -3.97. The van der Waals surface area contributed by atoms with E-state index in [2.05, 4.69) is 35.4 Å². The van der Waals surface area contributed by atoms with Gasteiger partial charge in [-0.05, 0) is 73.3 Å². The maximum absolute atomic E-state index is 13.3. The van der Waals surface area contributed by atoms with Crippen LogP contribution >= 0.6 is 0 Å². The fourth-order valence-electron chi connectivity index (χ4n) is 4.91. The molecule has 3 aromatic rings. The van der Waals surface area contributed by atoms with E-state index in [4.69, 9.17) is 0 Å². The average Bonchev–Trinajstić information content (AvgIpc) is 3.13. The van der Waals surface area contributed by atoms with Crippen LogP contribution in [0, 0.1) is 0 Å². The van der Waals surface area contributed by atoms with Crippen molar-refractivity contribution in [1.29, 1.82) is 0 Å². The molecule has 0 spiro atoms. The molecule has 1 fully saturated rings. The molecule has 0 aromatic heterocycles. The zero-order valence-electron chi connectivity index (χ0n) is 22.9. The Morgan fingerprint density at radius 1 is 0.897 bits per heavy atom. The summed E-state index contributed by atoms with van der Waals surface area (Å²) in [5, 5.41) is 5.85. The van der Waals surface area contributed by atoms with Gasteiger partial charge in [0.05, 0.1) is 6.54 Å². The molecule has 204 valence electrons. The van der Waals surface area contributed by atoms with E-state index in [-0.39, 0.29) is 24.3 Å². The van der Waals surface area contributed by atoms with Crippen molar-refractivity contribution >= 4 is 23.4 Å². The van der Waals surface area contributed by atoms with Crippen molar-refractivity contribution in [3.8, 4) is 11.1 Å². The lowest BCUT2D eigenvalue weighted by molar-refractivity contribution is -0.135. The largest absolute Gasteiger partial charge is 0.340 e. The molecular weight excluding hydrogens is 488 g/mol. The Labute approximate surface area is 231 Å². The van der Waals surface area contributed by atoms with Crippen LogP contribution in [0.5, 0.6) is 0 Å². The molecule has 39 heavy (non-hydrogen) atoms. The molecule has 3 aromatic carbocycles. The molecule has 1 aliphatic rings. The minimum Gasteiger partial charge on any atom is -0.340 e. The zero-order chi connectivity index (χ0) is 27.6. The van der Waals surface area contributed by atoms with Crippen LogP contribution in [-0.4, -0.2) is 59.7 Å². The number of carbonyl (C=O) groups is 3.